The molecule has 2 aromatic rings. The molecule has 2 aromatic carbocycles. The van der Waals surface area contributed by atoms with Gasteiger partial charge in [-0.3, -0.25) is 4.79 Å². The summed E-state index contributed by atoms with van der Waals surface area (Å²) in [5.74, 6) is 1.22. The second-order valence-electron chi connectivity index (χ2n) is 7.92. The summed E-state index contributed by atoms with van der Waals surface area (Å²) in [6, 6.07) is 11.4. The lowest BCUT2D eigenvalue weighted by Crippen LogP contribution is -2.28. The number of carbonyl (C=O) groups is 1. The Balaban J connectivity index is 2.02. The Morgan fingerprint density at radius 2 is 1.81 bits per heavy atom. The molecule has 0 fully saturated rings. The molecule has 0 spiro atoms. The van der Waals surface area contributed by atoms with Crippen molar-refractivity contribution in [3.05, 3.63) is 53.1 Å². The first kappa shape index (κ1) is 24.5. The van der Waals surface area contributed by atoms with E-state index >= 15 is 0 Å². The predicted molar refractivity (Wildman–Crippen MR) is 128 cm³/mol. The van der Waals surface area contributed by atoms with Gasteiger partial charge in [-0.2, -0.15) is 0 Å². The van der Waals surface area contributed by atoms with Gasteiger partial charge in [-0.05, 0) is 69.3 Å². The molecule has 31 heavy (non-hydrogen) atoms. The molecule has 0 aliphatic carbocycles. The normalized spacial score (nSPS) is 11.8. The summed E-state index contributed by atoms with van der Waals surface area (Å²) in [6.45, 7) is 9.03. The number of aryl methyl sites for hydroxylation is 1. The van der Waals surface area contributed by atoms with Gasteiger partial charge in [0.2, 0.25) is 0 Å². The van der Waals surface area contributed by atoms with Crippen LogP contribution >= 0.6 is 0 Å². The van der Waals surface area contributed by atoms with Crippen LogP contribution in [0.3, 0.4) is 0 Å². The first-order valence-corrected chi connectivity index (χ1v) is 10.9. The van der Waals surface area contributed by atoms with Crippen LogP contribution in [0.15, 0.2) is 36.4 Å². The summed E-state index contributed by atoms with van der Waals surface area (Å²) >= 11 is 0. The Morgan fingerprint density at radius 3 is 2.48 bits per heavy atom. The number of nitrogens with zero attached hydrogens (tertiary/aromatic N) is 1. The number of unbranched alkanes of at least 4 members (excludes halogenated alkanes) is 1. The topological polar surface area (TPSA) is 62.8 Å². The number of amides is 1. The minimum Gasteiger partial charge on any atom is -0.493 e. The largest absolute Gasteiger partial charge is 0.493 e. The van der Waals surface area contributed by atoms with Crippen LogP contribution in [-0.4, -0.2) is 51.7 Å². The van der Waals surface area contributed by atoms with Crippen LogP contribution in [-0.2, 0) is 0 Å². The lowest BCUT2D eigenvalue weighted by Gasteiger charge is -2.19. The quantitative estimate of drug-likeness (QED) is 0.516. The number of methoxy groups -OCH3 is 2. The Kier molecular flexibility index (Phi) is 9.66. The number of hydrogen-bond donors (Lipinski definition) is 2. The standard InChI is InChI=1S/C25H37N3O3/c1-7-8-14-28(4)15-13-26-21-11-9-18(2)22(17-21)25(29)27-19(3)20-10-12-23(30-5)24(16-20)31-6/h9-12,16-17,19,26H,7-8,13-15H2,1-6H3,(H,27,29). The van der Waals surface area contributed by atoms with E-state index in [4.69, 9.17) is 9.47 Å². The van der Waals surface area contributed by atoms with Gasteiger partial charge in [0.15, 0.2) is 11.5 Å². The van der Waals surface area contributed by atoms with Gasteiger partial charge in [-0.25, -0.2) is 0 Å². The van der Waals surface area contributed by atoms with Crippen molar-refractivity contribution in [2.24, 2.45) is 0 Å². The van der Waals surface area contributed by atoms with Gasteiger partial charge in [0.05, 0.1) is 20.3 Å². The average Bonchev–Trinajstić information content (AvgIpc) is 2.78. The maximum Gasteiger partial charge on any atom is 0.252 e. The van der Waals surface area contributed by atoms with Gasteiger partial charge >= 0.3 is 0 Å². The van der Waals surface area contributed by atoms with Crippen molar-refractivity contribution in [3.63, 3.8) is 0 Å². The van der Waals surface area contributed by atoms with Crippen LogP contribution in [0.2, 0.25) is 0 Å². The van der Waals surface area contributed by atoms with E-state index in [1.807, 2.05) is 50.2 Å². The van der Waals surface area contributed by atoms with E-state index in [0.717, 1.165) is 36.4 Å². The van der Waals surface area contributed by atoms with E-state index in [1.165, 1.54) is 12.8 Å². The van der Waals surface area contributed by atoms with Crippen molar-refractivity contribution in [1.29, 1.82) is 0 Å². The lowest BCUT2D eigenvalue weighted by atomic mass is 10.0. The van der Waals surface area contributed by atoms with E-state index in [1.54, 1.807) is 14.2 Å². The molecule has 1 unspecified atom stereocenters. The van der Waals surface area contributed by atoms with Gasteiger partial charge in [-0.15, -0.1) is 0 Å². The molecule has 0 saturated carbocycles. The van der Waals surface area contributed by atoms with Crippen LogP contribution in [0.5, 0.6) is 11.5 Å². The van der Waals surface area contributed by atoms with Crippen LogP contribution in [0.1, 0.15) is 54.2 Å². The third kappa shape index (κ3) is 7.17. The fraction of sp³-hybridized carbons (Fsp3) is 0.480. The molecule has 0 aromatic heterocycles. The SMILES string of the molecule is CCCCN(C)CCNc1ccc(C)c(C(=O)NC(C)c2ccc(OC)c(OC)c2)c1. The van der Waals surface area contributed by atoms with Crippen LogP contribution in [0.4, 0.5) is 5.69 Å². The maximum absolute atomic E-state index is 13.0. The first-order valence-electron chi connectivity index (χ1n) is 10.9. The van der Waals surface area contributed by atoms with Gasteiger partial charge in [0.25, 0.3) is 5.91 Å². The van der Waals surface area contributed by atoms with Gasteiger partial charge in [-0.1, -0.05) is 25.5 Å². The number of rotatable bonds is 12. The molecule has 0 saturated heterocycles. The predicted octanol–water partition coefficient (Wildman–Crippen LogP) is 4.65. The molecule has 170 valence electrons. The number of carbonyl (C=O) groups excluding carboxylic acids is 1. The second kappa shape index (κ2) is 12.2. The minimum atomic E-state index is -0.171. The van der Waals surface area contributed by atoms with Crippen LogP contribution < -0.4 is 20.1 Å². The summed E-state index contributed by atoms with van der Waals surface area (Å²) in [7, 11) is 5.35. The van der Waals surface area contributed by atoms with Gasteiger partial charge in [0.1, 0.15) is 0 Å². The third-order valence-corrected chi connectivity index (χ3v) is 5.45. The van der Waals surface area contributed by atoms with Crippen molar-refractivity contribution in [3.8, 4) is 11.5 Å². The Labute approximate surface area is 186 Å². The molecule has 6 heteroatoms. The van der Waals surface area contributed by atoms with Gasteiger partial charge < -0.3 is 25.0 Å². The average molecular weight is 428 g/mol. The van der Waals surface area contributed by atoms with E-state index in [9.17, 15) is 4.79 Å². The molecule has 0 aliphatic heterocycles. The molecule has 1 amide bonds. The number of anilines is 1. The maximum atomic E-state index is 13.0. The molecule has 6 nitrogen and oxygen atoms in total. The van der Waals surface area contributed by atoms with E-state index < -0.39 is 0 Å². The Morgan fingerprint density at radius 1 is 1.06 bits per heavy atom. The van der Waals surface area contributed by atoms with Crippen molar-refractivity contribution in [2.45, 2.75) is 39.7 Å². The number of ether oxygens (including phenoxy) is 2. The molecule has 2 N–H and O–H groups in total. The summed E-state index contributed by atoms with van der Waals surface area (Å²) in [6.07, 6.45) is 2.42. The summed E-state index contributed by atoms with van der Waals surface area (Å²) in [5, 5.41) is 6.53. The monoisotopic (exact) mass is 427 g/mol. The van der Waals surface area contributed by atoms with Crippen molar-refractivity contribution in [1.82, 2.24) is 10.2 Å². The zero-order valence-electron chi connectivity index (χ0n) is 19.7. The number of likely N-dealkylation sites (N-methyl/N-ethyl adjacent to an activating group) is 1. The number of benzene rings is 2. The van der Waals surface area contributed by atoms with Crippen LogP contribution in [0, 0.1) is 6.92 Å². The molecule has 2 rings (SSSR count). The molecular weight excluding hydrogens is 390 g/mol. The van der Waals surface area contributed by atoms with Crippen molar-refractivity contribution >= 4 is 11.6 Å². The third-order valence-electron chi connectivity index (χ3n) is 5.45. The van der Waals surface area contributed by atoms with E-state index in [2.05, 4.69) is 29.5 Å². The Hall–Kier alpha value is -2.73. The zero-order valence-corrected chi connectivity index (χ0v) is 19.7. The smallest absolute Gasteiger partial charge is 0.252 e. The molecule has 0 radical (unpaired) electrons. The summed E-state index contributed by atoms with van der Waals surface area (Å²) in [5.41, 5.74) is 3.53. The highest BCUT2D eigenvalue weighted by Gasteiger charge is 2.16. The molecule has 0 heterocycles. The highest BCUT2D eigenvalue weighted by Crippen LogP contribution is 2.30. The van der Waals surface area contributed by atoms with Crippen molar-refractivity contribution < 1.29 is 14.3 Å². The van der Waals surface area contributed by atoms with E-state index in [0.29, 0.717) is 17.1 Å². The molecular formula is C25H37N3O3. The Bertz CT molecular complexity index is 854. The van der Waals surface area contributed by atoms with Gasteiger partial charge in [0, 0.05) is 24.3 Å². The highest BCUT2D eigenvalue weighted by atomic mass is 16.5. The molecule has 0 aliphatic rings. The number of hydrogen-bond acceptors (Lipinski definition) is 5. The van der Waals surface area contributed by atoms with Crippen LogP contribution in [0.25, 0.3) is 0 Å². The van der Waals surface area contributed by atoms with Crippen molar-refractivity contribution in [2.75, 3.05) is 46.2 Å². The highest BCUT2D eigenvalue weighted by molar-refractivity contribution is 5.96. The minimum absolute atomic E-state index is 0.0940. The fourth-order valence-corrected chi connectivity index (χ4v) is 3.39. The summed E-state index contributed by atoms with van der Waals surface area (Å²) < 4.78 is 10.7. The fourth-order valence-electron chi connectivity index (χ4n) is 3.39. The lowest BCUT2D eigenvalue weighted by molar-refractivity contribution is 0.0939. The second-order valence-corrected chi connectivity index (χ2v) is 7.92. The first-order chi connectivity index (χ1) is 14.9. The number of nitrogens with one attached hydrogen (secondary N) is 2. The summed E-state index contributed by atoms with van der Waals surface area (Å²) in [4.78, 5) is 15.3. The molecule has 0 bridgehead atoms. The van der Waals surface area contributed by atoms with E-state index in [-0.39, 0.29) is 11.9 Å². The molecule has 1 atom stereocenters. The zero-order chi connectivity index (χ0) is 22.8.